The van der Waals surface area contributed by atoms with E-state index in [1.54, 1.807) is 0 Å². The van der Waals surface area contributed by atoms with Gasteiger partial charge in [0.2, 0.25) is 17.7 Å². The molecule has 1 aliphatic heterocycles. The van der Waals surface area contributed by atoms with Gasteiger partial charge in [-0.1, -0.05) is 6.42 Å². The second kappa shape index (κ2) is 7.59. The number of amides is 3. The van der Waals surface area contributed by atoms with Gasteiger partial charge < -0.3 is 11.1 Å². The van der Waals surface area contributed by atoms with Crippen molar-refractivity contribution in [3.63, 3.8) is 0 Å². The van der Waals surface area contributed by atoms with E-state index in [4.69, 9.17) is 5.73 Å². The van der Waals surface area contributed by atoms with Crippen LogP contribution in [-0.4, -0.2) is 41.8 Å². The number of nitrogens with zero attached hydrogens (tertiary/aromatic N) is 1. The molecule has 3 amide bonds. The van der Waals surface area contributed by atoms with Crippen molar-refractivity contribution in [1.29, 1.82) is 0 Å². The Morgan fingerprint density at radius 1 is 1.25 bits per heavy atom. The number of hydrogen-bond donors (Lipinski definition) is 2. The maximum atomic E-state index is 11.9. The molecule has 0 aromatic carbocycles. The first kappa shape index (κ1) is 16.9. The molecule has 0 radical (unpaired) electrons. The van der Waals surface area contributed by atoms with E-state index in [0.717, 1.165) is 25.7 Å². The molecule has 0 aromatic heterocycles. The summed E-state index contributed by atoms with van der Waals surface area (Å²) in [4.78, 5) is 35.9. The van der Waals surface area contributed by atoms with Crippen LogP contribution in [0.15, 0.2) is 0 Å². The molecule has 20 heavy (non-hydrogen) atoms. The predicted molar refractivity (Wildman–Crippen MR) is 76.1 cm³/mol. The molecule has 2 fully saturated rings. The van der Waals surface area contributed by atoms with Crippen LogP contribution in [0.25, 0.3) is 0 Å². The smallest absolute Gasteiger partial charge is 0.229 e. The van der Waals surface area contributed by atoms with Crippen molar-refractivity contribution >= 4 is 30.1 Å². The Morgan fingerprint density at radius 2 is 1.90 bits per heavy atom. The van der Waals surface area contributed by atoms with Crippen molar-refractivity contribution in [1.82, 2.24) is 10.2 Å². The normalized spacial score (nSPS) is 26.4. The van der Waals surface area contributed by atoms with Gasteiger partial charge in [-0.15, -0.1) is 12.4 Å². The maximum absolute atomic E-state index is 11.9. The largest absolute Gasteiger partial charge is 0.354 e. The van der Waals surface area contributed by atoms with E-state index in [2.05, 4.69) is 5.32 Å². The standard InChI is InChI=1S/C13H21N3O3.ClH/c14-10-3-1-2-9(8-10)13(19)15-6-7-16-11(17)4-5-12(16)18;/h9-10H,1-8,14H2,(H,15,19);1H. The fourth-order valence-corrected chi connectivity index (χ4v) is 2.77. The van der Waals surface area contributed by atoms with E-state index in [-0.39, 0.29) is 48.6 Å². The van der Waals surface area contributed by atoms with E-state index in [0.29, 0.717) is 19.4 Å². The lowest BCUT2D eigenvalue weighted by Gasteiger charge is -2.26. The summed E-state index contributed by atoms with van der Waals surface area (Å²) in [6.07, 6.45) is 4.17. The van der Waals surface area contributed by atoms with Gasteiger partial charge in [0.25, 0.3) is 0 Å². The van der Waals surface area contributed by atoms with Gasteiger partial charge >= 0.3 is 0 Å². The molecule has 0 spiro atoms. The molecule has 0 bridgehead atoms. The number of nitrogens with two attached hydrogens (primary N) is 1. The van der Waals surface area contributed by atoms with Crippen LogP contribution in [0.3, 0.4) is 0 Å². The number of hydrogen-bond acceptors (Lipinski definition) is 4. The number of carbonyl (C=O) groups is 3. The fraction of sp³-hybridized carbons (Fsp3) is 0.769. The van der Waals surface area contributed by atoms with Crippen molar-refractivity contribution in [2.24, 2.45) is 11.7 Å². The number of imide groups is 1. The fourth-order valence-electron chi connectivity index (χ4n) is 2.77. The zero-order chi connectivity index (χ0) is 13.8. The first-order valence-corrected chi connectivity index (χ1v) is 6.94. The summed E-state index contributed by atoms with van der Waals surface area (Å²) in [6, 6.07) is 0.117. The van der Waals surface area contributed by atoms with Gasteiger partial charge in [-0.2, -0.15) is 0 Å². The van der Waals surface area contributed by atoms with Crippen LogP contribution in [0.4, 0.5) is 0 Å². The average molecular weight is 304 g/mol. The van der Waals surface area contributed by atoms with Crippen molar-refractivity contribution in [3.8, 4) is 0 Å². The Labute approximate surface area is 124 Å². The highest BCUT2D eigenvalue weighted by molar-refractivity contribution is 6.01. The van der Waals surface area contributed by atoms with Crippen LogP contribution in [-0.2, 0) is 14.4 Å². The second-order valence-electron chi connectivity index (χ2n) is 5.35. The second-order valence-corrected chi connectivity index (χ2v) is 5.35. The summed E-state index contributed by atoms with van der Waals surface area (Å²) in [7, 11) is 0. The highest BCUT2D eigenvalue weighted by Crippen LogP contribution is 2.23. The van der Waals surface area contributed by atoms with Gasteiger partial charge in [0.15, 0.2) is 0 Å². The minimum absolute atomic E-state index is 0. The third kappa shape index (κ3) is 4.18. The van der Waals surface area contributed by atoms with Gasteiger partial charge in [0.1, 0.15) is 0 Å². The molecule has 1 heterocycles. The molecule has 2 unspecified atom stereocenters. The van der Waals surface area contributed by atoms with Crippen LogP contribution in [0.5, 0.6) is 0 Å². The molecule has 1 saturated heterocycles. The molecule has 2 aliphatic rings. The van der Waals surface area contributed by atoms with Crippen molar-refractivity contribution < 1.29 is 14.4 Å². The minimum atomic E-state index is -0.140. The number of carbonyl (C=O) groups excluding carboxylic acids is 3. The summed E-state index contributed by atoms with van der Waals surface area (Å²) in [5, 5.41) is 2.80. The van der Waals surface area contributed by atoms with Crippen molar-refractivity contribution in [3.05, 3.63) is 0 Å². The van der Waals surface area contributed by atoms with Gasteiger partial charge in [-0.3, -0.25) is 19.3 Å². The van der Waals surface area contributed by atoms with Crippen LogP contribution in [0.2, 0.25) is 0 Å². The van der Waals surface area contributed by atoms with Crippen LogP contribution < -0.4 is 11.1 Å². The van der Waals surface area contributed by atoms with E-state index in [9.17, 15) is 14.4 Å². The lowest BCUT2D eigenvalue weighted by Crippen LogP contribution is -2.42. The Kier molecular flexibility index (Phi) is 6.42. The average Bonchev–Trinajstić information content (AvgIpc) is 2.70. The zero-order valence-corrected chi connectivity index (χ0v) is 12.3. The van der Waals surface area contributed by atoms with Gasteiger partial charge in [-0.25, -0.2) is 0 Å². The number of halogens is 1. The first-order valence-electron chi connectivity index (χ1n) is 6.94. The van der Waals surface area contributed by atoms with Gasteiger partial charge in [0.05, 0.1) is 0 Å². The Morgan fingerprint density at radius 3 is 2.50 bits per heavy atom. The lowest BCUT2D eigenvalue weighted by molar-refractivity contribution is -0.138. The molecule has 0 aromatic rings. The van der Waals surface area contributed by atoms with Crippen molar-refractivity contribution in [2.75, 3.05) is 13.1 Å². The summed E-state index contributed by atoms with van der Waals surface area (Å²) >= 11 is 0. The topological polar surface area (TPSA) is 92.5 Å². The molecule has 2 atom stereocenters. The SMILES string of the molecule is Cl.NC1CCCC(C(=O)NCCN2C(=O)CCC2=O)C1. The molecule has 3 N–H and O–H groups in total. The van der Waals surface area contributed by atoms with Crippen molar-refractivity contribution in [2.45, 2.75) is 44.6 Å². The zero-order valence-electron chi connectivity index (χ0n) is 11.5. The lowest BCUT2D eigenvalue weighted by atomic mass is 9.85. The third-order valence-electron chi connectivity index (χ3n) is 3.88. The Balaban J connectivity index is 0.00000200. The molecular weight excluding hydrogens is 282 g/mol. The van der Waals surface area contributed by atoms with Gasteiger partial charge in [-0.05, 0) is 19.3 Å². The molecule has 7 heteroatoms. The maximum Gasteiger partial charge on any atom is 0.229 e. The summed E-state index contributed by atoms with van der Waals surface area (Å²) < 4.78 is 0. The third-order valence-corrected chi connectivity index (χ3v) is 3.88. The minimum Gasteiger partial charge on any atom is -0.354 e. The molecule has 1 saturated carbocycles. The molecular formula is C13H22ClN3O3. The quantitative estimate of drug-likeness (QED) is 0.725. The van der Waals surface area contributed by atoms with E-state index < -0.39 is 0 Å². The van der Waals surface area contributed by atoms with Crippen LogP contribution >= 0.6 is 12.4 Å². The Bertz CT molecular complexity index is 373. The van der Waals surface area contributed by atoms with E-state index in [1.165, 1.54) is 4.90 Å². The molecule has 1 aliphatic carbocycles. The van der Waals surface area contributed by atoms with Crippen LogP contribution in [0.1, 0.15) is 38.5 Å². The summed E-state index contributed by atoms with van der Waals surface area (Å²) in [6.45, 7) is 0.615. The number of nitrogens with one attached hydrogen (secondary N) is 1. The van der Waals surface area contributed by atoms with Crippen LogP contribution in [0, 0.1) is 5.92 Å². The summed E-state index contributed by atoms with van der Waals surface area (Å²) in [5.74, 6) is -0.305. The van der Waals surface area contributed by atoms with Gasteiger partial charge in [0, 0.05) is 37.9 Å². The highest BCUT2D eigenvalue weighted by atomic mass is 35.5. The molecule has 114 valence electrons. The Hall–Kier alpha value is -1.14. The number of rotatable bonds is 4. The van der Waals surface area contributed by atoms with E-state index in [1.807, 2.05) is 0 Å². The monoisotopic (exact) mass is 303 g/mol. The number of likely N-dealkylation sites (tertiary alicyclic amines) is 1. The first-order chi connectivity index (χ1) is 9.08. The molecule has 6 nitrogen and oxygen atoms in total. The van der Waals surface area contributed by atoms with E-state index >= 15 is 0 Å². The molecule has 2 rings (SSSR count). The summed E-state index contributed by atoms with van der Waals surface area (Å²) in [5.41, 5.74) is 5.85. The predicted octanol–water partition coefficient (Wildman–Crippen LogP) is 0.191. The highest BCUT2D eigenvalue weighted by Gasteiger charge is 2.29.